The summed E-state index contributed by atoms with van der Waals surface area (Å²) in [6, 6.07) is 15.1. The highest BCUT2D eigenvalue weighted by Gasteiger charge is 2.23. The SMILES string of the molecule is COc1cc(OC)cc(C(=O)N2CCN(c3ccc(NC=C(C#N)c4nn[nH]n4)cc3)CC2)c1. The number of allylic oxidation sites excluding steroid dienone is 1. The van der Waals surface area contributed by atoms with Crippen LogP contribution in [0.15, 0.2) is 48.7 Å². The molecule has 3 aromatic rings. The molecule has 1 amide bonds. The van der Waals surface area contributed by atoms with Gasteiger partial charge in [-0.3, -0.25) is 4.79 Å². The van der Waals surface area contributed by atoms with E-state index in [2.05, 4.69) is 30.8 Å². The monoisotopic (exact) mass is 460 g/mol. The Kier molecular flexibility index (Phi) is 6.88. The van der Waals surface area contributed by atoms with Crippen LogP contribution in [0.1, 0.15) is 16.2 Å². The molecule has 1 fully saturated rings. The third-order valence-electron chi connectivity index (χ3n) is 5.49. The number of anilines is 2. The van der Waals surface area contributed by atoms with Gasteiger partial charge in [-0.15, -0.1) is 10.2 Å². The van der Waals surface area contributed by atoms with Crippen molar-refractivity contribution in [2.24, 2.45) is 0 Å². The number of amides is 1. The average molecular weight is 460 g/mol. The Bertz CT molecular complexity index is 1170. The van der Waals surface area contributed by atoms with Crippen molar-refractivity contribution in [1.29, 1.82) is 5.26 Å². The largest absolute Gasteiger partial charge is 0.497 e. The fourth-order valence-electron chi connectivity index (χ4n) is 3.63. The summed E-state index contributed by atoms with van der Waals surface area (Å²) in [6.45, 7) is 2.65. The molecule has 0 saturated carbocycles. The number of carbonyl (C=O) groups excluding carboxylic acids is 1. The van der Waals surface area contributed by atoms with Crippen molar-refractivity contribution in [3.63, 3.8) is 0 Å². The van der Waals surface area contributed by atoms with E-state index in [1.165, 1.54) is 6.20 Å². The summed E-state index contributed by atoms with van der Waals surface area (Å²) in [5.41, 5.74) is 2.70. The summed E-state index contributed by atoms with van der Waals surface area (Å²) in [5.74, 6) is 1.36. The van der Waals surface area contributed by atoms with E-state index in [1.54, 1.807) is 32.4 Å². The molecule has 1 aliphatic heterocycles. The second kappa shape index (κ2) is 10.4. The topological polar surface area (TPSA) is 132 Å². The van der Waals surface area contributed by atoms with Crippen LogP contribution in [0.2, 0.25) is 0 Å². The molecule has 11 heteroatoms. The number of methoxy groups -OCH3 is 2. The van der Waals surface area contributed by atoms with Crippen molar-refractivity contribution in [3.05, 3.63) is 60.1 Å². The lowest BCUT2D eigenvalue weighted by Gasteiger charge is -2.36. The molecule has 174 valence electrons. The number of piperazine rings is 1. The van der Waals surface area contributed by atoms with E-state index < -0.39 is 0 Å². The minimum Gasteiger partial charge on any atom is -0.497 e. The van der Waals surface area contributed by atoms with Crippen LogP contribution < -0.4 is 19.7 Å². The Balaban J connectivity index is 1.35. The number of aromatic nitrogens is 4. The Hall–Kier alpha value is -4.59. The summed E-state index contributed by atoms with van der Waals surface area (Å²) in [4.78, 5) is 17.1. The lowest BCUT2D eigenvalue weighted by Crippen LogP contribution is -2.48. The average Bonchev–Trinajstić information content (AvgIpc) is 3.43. The number of carbonyl (C=O) groups is 1. The molecule has 1 aromatic heterocycles. The molecule has 11 nitrogen and oxygen atoms in total. The molecule has 2 aromatic carbocycles. The van der Waals surface area contributed by atoms with Crippen LogP contribution in [0.5, 0.6) is 11.5 Å². The van der Waals surface area contributed by atoms with E-state index in [1.807, 2.05) is 35.2 Å². The lowest BCUT2D eigenvalue weighted by molar-refractivity contribution is 0.0746. The van der Waals surface area contributed by atoms with Gasteiger partial charge in [-0.2, -0.15) is 10.5 Å². The van der Waals surface area contributed by atoms with Crippen molar-refractivity contribution >= 4 is 22.9 Å². The van der Waals surface area contributed by atoms with Crippen LogP contribution in [0.25, 0.3) is 5.57 Å². The molecule has 0 aliphatic carbocycles. The number of hydrogen-bond acceptors (Lipinski definition) is 9. The smallest absolute Gasteiger partial charge is 0.254 e. The highest BCUT2D eigenvalue weighted by Crippen LogP contribution is 2.25. The molecule has 0 atom stereocenters. The van der Waals surface area contributed by atoms with Gasteiger partial charge in [0.15, 0.2) is 0 Å². The maximum Gasteiger partial charge on any atom is 0.254 e. The summed E-state index contributed by atoms with van der Waals surface area (Å²) in [6.07, 6.45) is 1.54. The fraction of sp³-hybridized carbons (Fsp3) is 0.261. The zero-order chi connectivity index (χ0) is 23.9. The van der Waals surface area contributed by atoms with Gasteiger partial charge in [0.2, 0.25) is 5.82 Å². The second-order valence-corrected chi connectivity index (χ2v) is 7.48. The molecule has 2 heterocycles. The number of aromatic amines is 1. The van der Waals surface area contributed by atoms with E-state index in [-0.39, 0.29) is 17.3 Å². The summed E-state index contributed by atoms with van der Waals surface area (Å²) >= 11 is 0. The summed E-state index contributed by atoms with van der Waals surface area (Å²) < 4.78 is 10.6. The first-order chi connectivity index (χ1) is 16.6. The quantitative estimate of drug-likeness (QED) is 0.509. The molecule has 1 saturated heterocycles. The van der Waals surface area contributed by atoms with Gasteiger partial charge in [-0.05, 0) is 41.6 Å². The van der Waals surface area contributed by atoms with Gasteiger partial charge in [0.1, 0.15) is 23.1 Å². The summed E-state index contributed by atoms with van der Waals surface area (Å²) in [5, 5.41) is 25.7. The number of ether oxygens (including phenoxy) is 2. The van der Waals surface area contributed by atoms with Crippen molar-refractivity contribution in [1.82, 2.24) is 25.5 Å². The third-order valence-corrected chi connectivity index (χ3v) is 5.49. The zero-order valence-electron chi connectivity index (χ0n) is 18.9. The molecule has 0 radical (unpaired) electrons. The molecule has 34 heavy (non-hydrogen) atoms. The van der Waals surface area contributed by atoms with Crippen LogP contribution >= 0.6 is 0 Å². The number of hydrogen-bond donors (Lipinski definition) is 2. The molecule has 0 unspecified atom stereocenters. The number of nitriles is 1. The first-order valence-electron chi connectivity index (χ1n) is 10.6. The van der Waals surface area contributed by atoms with Crippen molar-refractivity contribution < 1.29 is 14.3 Å². The normalized spacial score (nSPS) is 13.9. The lowest BCUT2D eigenvalue weighted by atomic mass is 10.1. The minimum absolute atomic E-state index is 0.0434. The van der Waals surface area contributed by atoms with E-state index in [0.29, 0.717) is 30.2 Å². The summed E-state index contributed by atoms with van der Waals surface area (Å²) in [7, 11) is 3.13. The first-order valence-corrected chi connectivity index (χ1v) is 10.6. The molecular formula is C23H24N8O3. The zero-order valence-corrected chi connectivity index (χ0v) is 18.9. The standard InChI is InChI=1S/C23H24N8O3/c1-33-20-11-16(12-21(13-20)34-2)23(32)31-9-7-30(8-10-31)19-5-3-18(4-6-19)25-15-17(14-24)22-26-28-29-27-22/h3-6,11-13,15,25H,7-10H2,1-2H3,(H,26,27,28,29). The van der Waals surface area contributed by atoms with Gasteiger partial charge >= 0.3 is 0 Å². The number of nitrogens with one attached hydrogen (secondary N) is 2. The minimum atomic E-state index is -0.0434. The van der Waals surface area contributed by atoms with Gasteiger partial charge < -0.3 is 24.6 Å². The van der Waals surface area contributed by atoms with Crippen molar-refractivity contribution in [2.45, 2.75) is 0 Å². The van der Waals surface area contributed by atoms with E-state index in [4.69, 9.17) is 9.47 Å². The molecule has 0 spiro atoms. The van der Waals surface area contributed by atoms with Crippen LogP contribution in [0.4, 0.5) is 11.4 Å². The van der Waals surface area contributed by atoms with Crippen LogP contribution in [0.3, 0.4) is 0 Å². The molecule has 1 aliphatic rings. The molecule has 4 rings (SSSR count). The van der Waals surface area contributed by atoms with Crippen LogP contribution in [-0.4, -0.2) is 71.8 Å². The maximum absolute atomic E-state index is 13.0. The van der Waals surface area contributed by atoms with Crippen molar-refractivity contribution in [2.75, 3.05) is 50.6 Å². The number of benzene rings is 2. The van der Waals surface area contributed by atoms with Gasteiger partial charge in [-0.1, -0.05) is 0 Å². The molecule has 0 bridgehead atoms. The van der Waals surface area contributed by atoms with Crippen LogP contribution in [0, 0.1) is 11.3 Å². The van der Waals surface area contributed by atoms with E-state index in [9.17, 15) is 10.1 Å². The maximum atomic E-state index is 13.0. The number of nitrogens with zero attached hydrogens (tertiary/aromatic N) is 6. The molecular weight excluding hydrogens is 436 g/mol. The highest BCUT2D eigenvalue weighted by molar-refractivity contribution is 5.95. The number of tetrazole rings is 1. The highest BCUT2D eigenvalue weighted by atomic mass is 16.5. The number of rotatable bonds is 7. The van der Waals surface area contributed by atoms with Gasteiger partial charge in [0.05, 0.1) is 14.2 Å². The fourth-order valence-corrected chi connectivity index (χ4v) is 3.63. The Labute approximate surface area is 196 Å². The Morgan fingerprint density at radius 3 is 2.32 bits per heavy atom. The first kappa shape index (κ1) is 22.6. The predicted molar refractivity (Wildman–Crippen MR) is 125 cm³/mol. The predicted octanol–water partition coefficient (Wildman–Crippen LogP) is 2.16. The van der Waals surface area contributed by atoms with Crippen molar-refractivity contribution in [3.8, 4) is 17.6 Å². The van der Waals surface area contributed by atoms with Gasteiger partial charge in [0, 0.05) is 55.4 Å². The van der Waals surface area contributed by atoms with E-state index >= 15 is 0 Å². The third kappa shape index (κ3) is 5.07. The van der Waals surface area contributed by atoms with Gasteiger partial charge in [-0.25, -0.2) is 0 Å². The molecule has 2 N–H and O–H groups in total. The Morgan fingerprint density at radius 2 is 1.76 bits per heavy atom. The van der Waals surface area contributed by atoms with Gasteiger partial charge in [0.25, 0.3) is 5.91 Å². The number of H-pyrrole nitrogens is 1. The van der Waals surface area contributed by atoms with E-state index in [0.717, 1.165) is 24.5 Å². The van der Waals surface area contributed by atoms with Crippen LogP contribution in [-0.2, 0) is 0 Å². The second-order valence-electron chi connectivity index (χ2n) is 7.48. The Morgan fingerprint density at radius 1 is 1.09 bits per heavy atom.